The number of rotatable bonds is 2. The Morgan fingerprint density at radius 1 is 1.56 bits per heavy atom. The molecule has 5 heteroatoms. The van der Waals surface area contributed by atoms with Crippen molar-refractivity contribution in [2.75, 3.05) is 26.7 Å². The van der Waals surface area contributed by atoms with E-state index in [1.54, 1.807) is 7.11 Å². The van der Waals surface area contributed by atoms with E-state index in [0.717, 1.165) is 24.1 Å². The molecule has 1 amide bonds. The van der Waals surface area contributed by atoms with Gasteiger partial charge in [0.25, 0.3) is 5.91 Å². The lowest BCUT2D eigenvalue weighted by atomic mass is 10.1. The zero-order chi connectivity index (χ0) is 13.1. The smallest absolute Gasteiger partial charge is 0.257 e. The third-order valence-electron chi connectivity index (χ3n) is 3.05. The molecule has 1 aliphatic heterocycles. The molecule has 1 heterocycles. The second-order valence-electron chi connectivity index (χ2n) is 4.45. The van der Waals surface area contributed by atoms with E-state index >= 15 is 0 Å². The highest BCUT2D eigenvalue weighted by molar-refractivity contribution is 9.10. The molecule has 1 unspecified atom stereocenters. The van der Waals surface area contributed by atoms with Crippen LogP contribution in [0.2, 0.25) is 0 Å². The number of amides is 1. The molecule has 18 heavy (non-hydrogen) atoms. The van der Waals surface area contributed by atoms with E-state index in [9.17, 15) is 4.79 Å². The maximum atomic E-state index is 12.5. The van der Waals surface area contributed by atoms with Gasteiger partial charge in [-0.3, -0.25) is 4.79 Å². The number of halogens is 1. The number of nitrogens with zero attached hydrogens (tertiary/aromatic N) is 1. The highest BCUT2D eigenvalue weighted by Gasteiger charge is 2.24. The highest BCUT2D eigenvalue weighted by Crippen LogP contribution is 2.24. The number of hydrogen-bond acceptors (Lipinski definition) is 3. The number of methoxy groups -OCH3 is 1. The minimum absolute atomic E-state index is 0.0292. The van der Waals surface area contributed by atoms with Crippen LogP contribution in [0.5, 0.6) is 5.75 Å². The summed E-state index contributed by atoms with van der Waals surface area (Å²) in [6.07, 6.45) is 0. The minimum atomic E-state index is 0.0292. The van der Waals surface area contributed by atoms with Crippen LogP contribution in [0.15, 0.2) is 22.7 Å². The lowest BCUT2D eigenvalue weighted by Crippen LogP contribution is -2.51. The topological polar surface area (TPSA) is 41.6 Å². The summed E-state index contributed by atoms with van der Waals surface area (Å²) < 4.78 is 6.14. The van der Waals surface area contributed by atoms with Crippen molar-refractivity contribution in [1.82, 2.24) is 10.2 Å². The summed E-state index contributed by atoms with van der Waals surface area (Å²) in [6.45, 7) is 4.38. The average Bonchev–Trinajstić information content (AvgIpc) is 2.38. The molecule has 1 N–H and O–H groups in total. The first-order valence-corrected chi connectivity index (χ1v) is 6.77. The standard InChI is InChI=1S/C13H17BrN2O2/c1-9-8-16(6-5-15-9)13(17)11-7-10(14)3-4-12(11)18-2/h3-4,7,9,15H,5-6,8H2,1-2H3. The van der Waals surface area contributed by atoms with E-state index in [0.29, 0.717) is 17.4 Å². The van der Waals surface area contributed by atoms with Gasteiger partial charge in [-0.15, -0.1) is 0 Å². The first-order valence-electron chi connectivity index (χ1n) is 5.98. The van der Waals surface area contributed by atoms with Crippen molar-refractivity contribution in [2.45, 2.75) is 13.0 Å². The van der Waals surface area contributed by atoms with Gasteiger partial charge in [-0.1, -0.05) is 15.9 Å². The van der Waals surface area contributed by atoms with Crippen molar-refractivity contribution in [2.24, 2.45) is 0 Å². The fraction of sp³-hybridized carbons (Fsp3) is 0.462. The van der Waals surface area contributed by atoms with Crippen molar-refractivity contribution >= 4 is 21.8 Å². The summed E-state index contributed by atoms with van der Waals surface area (Å²) in [5.41, 5.74) is 0.612. The molecule has 1 aromatic carbocycles. The number of nitrogens with one attached hydrogen (secondary N) is 1. The van der Waals surface area contributed by atoms with Gasteiger partial charge in [-0.25, -0.2) is 0 Å². The van der Waals surface area contributed by atoms with Crippen LogP contribution in [-0.4, -0.2) is 43.6 Å². The molecule has 1 aromatic rings. The molecule has 1 aliphatic rings. The Morgan fingerprint density at radius 3 is 3.00 bits per heavy atom. The lowest BCUT2D eigenvalue weighted by molar-refractivity contribution is 0.0705. The number of ether oxygens (including phenoxy) is 1. The van der Waals surface area contributed by atoms with Crippen LogP contribution >= 0.6 is 15.9 Å². The van der Waals surface area contributed by atoms with Gasteiger partial charge in [0.15, 0.2) is 0 Å². The van der Waals surface area contributed by atoms with Gasteiger partial charge >= 0.3 is 0 Å². The summed E-state index contributed by atoms with van der Waals surface area (Å²) in [5.74, 6) is 0.649. The van der Waals surface area contributed by atoms with Crippen molar-refractivity contribution in [3.63, 3.8) is 0 Å². The van der Waals surface area contributed by atoms with Crippen molar-refractivity contribution in [3.8, 4) is 5.75 Å². The van der Waals surface area contributed by atoms with Crippen LogP contribution in [0, 0.1) is 0 Å². The molecule has 1 fully saturated rings. The largest absolute Gasteiger partial charge is 0.496 e. The molecule has 1 saturated heterocycles. The van der Waals surface area contributed by atoms with E-state index < -0.39 is 0 Å². The molecule has 4 nitrogen and oxygen atoms in total. The van der Waals surface area contributed by atoms with Crippen molar-refractivity contribution in [3.05, 3.63) is 28.2 Å². The van der Waals surface area contributed by atoms with Crippen LogP contribution in [0.1, 0.15) is 17.3 Å². The second kappa shape index (κ2) is 5.71. The van der Waals surface area contributed by atoms with Gasteiger partial charge in [-0.05, 0) is 25.1 Å². The van der Waals surface area contributed by atoms with E-state index in [4.69, 9.17) is 4.74 Å². The summed E-state index contributed by atoms with van der Waals surface area (Å²) in [7, 11) is 1.58. The summed E-state index contributed by atoms with van der Waals surface area (Å²) in [6, 6.07) is 5.83. The molecule has 1 atom stereocenters. The fourth-order valence-electron chi connectivity index (χ4n) is 2.13. The quantitative estimate of drug-likeness (QED) is 0.907. The SMILES string of the molecule is COc1ccc(Br)cc1C(=O)N1CCNC(C)C1. The van der Waals surface area contributed by atoms with E-state index in [1.165, 1.54) is 0 Å². The van der Waals surface area contributed by atoms with Gasteiger partial charge in [0, 0.05) is 30.1 Å². The first kappa shape index (κ1) is 13.4. The van der Waals surface area contributed by atoms with E-state index in [2.05, 4.69) is 28.2 Å². The van der Waals surface area contributed by atoms with Crippen molar-refractivity contribution in [1.29, 1.82) is 0 Å². The average molecular weight is 313 g/mol. The molecule has 98 valence electrons. The maximum absolute atomic E-state index is 12.5. The third-order valence-corrected chi connectivity index (χ3v) is 3.54. The van der Waals surface area contributed by atoms with Gasteiger partial charge < -0.3 is 15.0 Å². The van der Waals surface area contributed by atoms with Crippen LogP contribution < -0.4 is 10.1 Å². The normalized spacial score (nSPS) is 19.7. The minimum Gasteiger partial charge on any atom is -0.496 e. The summed E-state index contributed by atoms with van der Waals surface area (Å²) >= 11 is 3.39. The Balaban J connectivity index is 2.24. The highest BCUT2D eigenvalue weighted by atomic mass is 79.9. The van der Waals surface area contributed by atoms with E-state index in [1.807, 2.05) is 23.1 Å². The third kappa shape index (κ3) is 2.84. The van der Waals surface area contributed by atoms with Crippen LogP contribution in [0.25, 0.3) is 0 Å². The molecule has 0 aromatic heterocycles. The van der Waals surface area contributed by atoms with Crippen LogP contribution in [-0.2, 0) is 0 Å². The second-order valence-corrected chi connectivity index (χ2v) is 5.37. The Bertz CT molecular complexity index is 451. The van der Waals surface area contributed by atoms with Gasteiger partial charge in [0.05, 0.1) is 12.7 Å². The predicted molar refractivity (Wildman–Crippen MR) is 74.1 cm³/mol. The number of benzene rings is 1. The zero-order valence-electron chi connectivity index (χ0n) is 10.6. The molecule has 2 rings (SSSR count). The Kier molecular flexibility index (Phi) is 4.24. The number of piperazine rings is 1. The van der Waals surface area contributed by atoms with Gasteiger partial charge in [-0.2, -0.15) is 0 Å². The van der Waals surface area contributed by atoms with Crippen LogP contribution in [0.3, 0.4) is 0 Å². The van der Waals surface area contributed by atoms with E-state index in [-0.39, 0.29) is 5.91 Å². The Morgan fingerprint density at radius 2 is 2.33 bits per heavy atom. The molecular formula is C13H17BrN2O2. The first-order chi connectivity index (χ1) is 8.61. The van der Waals surface area contributed by atoms with Gasteiger partial charge in [0.1, 0.15) is 5.75 Å². The molecule has 0 aliphatic carbocycles. The van der Waals surface area contributed by atoms with Crippen LogP contribution in [0.4, 0.5) is 0 Å². The molecular weight excluding hydrogens is 296 g/mol. The molecule has 0 radical (unpaired) electrons. The maximum Gasteiger partial charge on any atom is 0.257 e. The monoisotopic (exact) mass is 312 g/mol. The zero-order valence-corrected chi connectivity index (χ0v) is 12.2. The summed E-state index contributed by atoms with van der Waals surface area (Å²) in [5, 5.41) is 3.32. The predicted octanol–water partition coefficient (Wildman–Crippen LogP) is 1.89. The Labute approximate surface area is 115 Å². The molecule has 0 spiro atoms. The fourth-order valence-corrected chi connectivity index (χ4v) is 2.50. The van der Waals surface area contributed by atoms with Gasteiger partial charge in [0.2, 0.25) is 0 Å². The Hall–Kier alpha value is -1.07. The summed E-state index contributed by atoms with van der Waals surface area (Å²) in [4.78, 5) is 14.3. The lowest BCUT2D eigenvalue weighted by Gasteiger charge is -2.32. The number of carbonyl (C=O) groups excluding carboxylic acids is 1. The number of carbonyl (C=O) groups is 1. The number of hydrogen-bond donors (Lipinski definition) is 1. The van der Waals surface area contributed by atoms with Crippen molar-refractivity contribution < 1.29 is 9.53 Å². The molecule has 0 bridgehead atoms. The molecule has 0 saturated carbocycles.